The summed E-state index contributed by atoms with van der Waals surface area (Å²) in [5.74, 6) is 2.34. The summed E-state index contributed by atoms with van der Waals surface area (Å²) in [5, 5.41) is 20.5. The molecule has 0 spiro atoms. The lowest BCUT2D eigenvalue weighted by atomic mass is 9.65. The van der Waals surface area contributed by atoms with E-state index in [2.05, 4.69) is 128 Å². The Morgan fingerprint density at radius 2 is 0.837 bits per heavy atom. The molecule has 0 bridgehead atoms. The monoisotopic (exact) mass is 654 g/mol. The van der Waals surface area contributed by atoms with Crippen molar-refractivity contribution < 1.29 is 10.0 Å². The highest BCUT2D eigenvalue weighted by Gasteiger charge is 2.46. The van der Waals surface area contributed by atoms with Crippen molar-refractivity contribution in [3.05, 3.63) is 101 Å². The highest BCUT2D eigenvalue weighted by Crippen LogP contribution is 2.58. The summed E-state index contributed by atoms with van der Waals surface area (Å²) >= 11 is 0. The third-order valence-electron chi connectivity index (χ3n) is 12.9. The van der Waals surface area contributed by atoms with Gasteiger partial charge in [0.25, 0.3) is 0 Å². The van der Waals surface area contributed by atoms with E-state index in [1.165, 1.54) is 81.3 Å². The summed E-state index contributed by atoms with van der Waals surface area (Å²) in [4.78, 5) is 0. The topological polar surface area (TPSA) is 40.5 Å². The molecule has 0 radical (unpaired) electrons. The van der Waals surface area contributed by atoms with Crippen LogP contribution in [0.1, 0.15) is 129 Å². The Bertz CT molecular complexity index is 1760. The van der Waals surface area contributed by atoms with Crippen LogP contribution in [-0.2, 0) is 10.8 Å². The van der Waals surface area contributed by atoms with Gasteiger partial charge >= 0.3 is 7.12 Å². The van der Waals surface area contributed by atoms with E-state index in [1.807, 2.05) is 6.07 Å². The van der Waals surface area contributed by atoms with Gasteiger partial charge in [0, 0.05) is 10.8 Å². The molecule has 0 heterocycles. The Balaban J connectivity index is 1.56. The van der Waals surface area contributed by atoms with Crippen LogP contribution in [0.15, 0.2) is 78.9 Å². The zero-order valence-corrected chi connectivity index (χ0v) is 31.4. The Hall–Kier alpha value is -3.14. The molecule has 49 heavy (non-hydrogen) atoms. The number of rotatable bonds is 14. The molecule has 2 N–H and O–H groups in total. The summed E-state index contributed by atoms with van der Waals surface area (Å²) in [6, 6.07) is 30.0. The van der Waals surface area contributed by atoms with Crippen LogP contribution in [0.4, 0.5) is 0 Å². The minimum Gasteiger partial charge on any atom is -0.423 e. The van der Waals surface area contributed by atoms with Gasteiger partial charge in [0.05, 0.1) is 0 Å². The number of hydrogen-bond acceptors (Lipinski definition) is 2. The molecule has 0 aliphatic heterocycles. The maximum atomic E-state index is 10.3. The smallest absolute Gasteiger partial charge is 0.423 e. The zero-order chi connectivity index (χ0) is 35.1. The predicted octanol–water partition coefficient (Wildman–Crippen LogP) is 11.3. The van der Waals surface area contributed by atoms with Crippen molar-refractivity contribution in [1.29, 1.82) is 0 Å². The minimum absolute atomic E-state index is 0.0121. The van der Waals surface area contributed by atoms with Gasteiger partial charge in [-0.3, -0.25) is 0 Å². The van der Waals surface area contributed by atoms with Crippen molar-refractivity contribution in [2.24, 2.45) is 23.7 Å². The van der Waals surface area contributed by atoms with E-state index in [1.54, 1.807) is 0 Å². The Morgan fingerprint density at radius 1 is 0.469 bits per heavy atom. The second-order valence-corrected chi connectivity index (χ2v) is 16.3. The van der Waals surface area contributed by atoms with E-state index in [-0.39, 0.29) is 10.8 Å². The molecule has 3 heteroatoms. The Morgan fingerprint density at radius 3 is 1.27 bits per heavy atom. The van der Waals surface area contributed by atoms with Crippen molar-refractivity contribution in [3.63, 3.8) is 0 Å². The van der Waals surface area contributed by atoms with Crippen LogP contribution in [0, 0.1) is 23.7 Å². The van der Waals surface area contributed by atoms with Crippen molar-refractivity contribution in [2.45, 2.75) is 118 Å². The Kier molecular flexibility index (Phi) is 10.4. The van der Waals surface area contributed by atoms with Gasteiger partial charge in [0.15, 0.2) is 0 Å². The first kappa shape index (κ1) is 35.7. The van der Waals surface area contributed by atoms with Crippen LogP contribution in [0.5, 0.6) is 0 Å². The first-order valence-electron chi connectivity index (χ1n) is 19.4. The molecule has 6 rings (SSSR count). The largest absolute Gasteiger partial charge is 0.488 e. The maximum Gasteiger partial charge on any atom is 0.488 e. The summed E-state index contributed by atoms with van der Waals surface area (Å²) in [6.07, 6.45) is 9.06. The van der Waals surface area contributed by atoms with E-state index in [0.29, 0.717) is 29.1 Å². The normalized spacial score (nSPS) is 17.4. The van der Waals surface area contributed by atoms with E-state index in [4.69, 9.17) is 0 Å². The fourth-order valence-electron chi connectivity index (χ4n) is 9.49. The van der Waals surface area contributed by atoms with Crippen LogP contribution in [-0.4, -0.2) is 17.2 Å². The molecule has 0 unspecified atom stereocenters. The molecular formula is C46H59BO2. The van der Waals surface area contributed by atoms with Crippen LogP contribution in [0.25, 0.3) is 33.4 Å². The van der Waals surface area contributed by atoms with Gasteiger partial charge in [0.1, 0.15) is 0 Å². The number of hydrogen-bond donors (Lipinski definition) is 2. The molecular weight excluding hydrogens is 595 g/mol. The van der Waals surface area contributed by atoms with Gasteiger partial charge in [-0.25, -0.2) is 0 Å². The average Bonchev–Trinajstić information content (AvgIpc) is 3.53. The maximum absolute atomic E-state index is 10.3. The van der Waals surface area contributed by atoms with Crippen molar-refractivity contribution in [2.75, 3.05) is 0 Å². The second kappa shape index (κ2) is 14.2. The first-order valence-corrected chi connectivity index (χ1v) is 19.4. The molecule has 2 aliphatic carbocycles. The van der Waals surface area contributed by atoms with E-state index in [9.17, 15) is 10.0 Å². The lowest BCUT2D eigenvalue weighted by Gasteiger charge is -2.37. The molecule has 2 nitrogen and oxygen atoms in total. The fourth-order valence-corrected chi connectivity index (χ4v) is 9.49. The molecule has 0 amide bonds. The van der Waals surface area contributed by atoms with Gasteiger partial charge in [-0.2, -0.15) is 0 Å². The third-order valence-corrected chi connectivity index (χ3v) is 12.9. The molecule has 0 saturated carbocycles. The zero-order valence-electron chi connectivity index (χ0n) is 31.4. The molecule has 4 aromatic rings. The summed E-state index contributed by atoms with van der Waals surface area (Å²) in [7, 11) is -1.48. The number of benzene rings is 4. The molecule has 258 valence electrons. The van der Waals surface area contributed by atoms with Gasteiger partial charge in [-0.05, 0) is 123 Å². The van der Waals surface area contributed by atoms with Crippen molar-refractivity contribution >= 4 is 12.6 Å². The minimum atomic E-state index is -1.48. The molecule has 2 aliphatic rings. The SMILES string of the molecule is CC[C@H](C)CC1(C[C@@H](C)CC)c2ccccc2-c2ccc(-c3ccc4c(c3)C(C[C@@H](C)CC)(C[C@@H](C)CC)c3cc(B(O)O)ccc3-4)cc21. The van der Waals surface area contributed by atoms with Gasteiger partial charge < -0.3 is 10.0 Å². The van der Waals surface area contributed by atoms with Crippen LogP contribution < -0.4 is 5.46 Å². The lowest BCUT2D eigenvalue weighted by molar-refractivity contribution is 0.308. The van der Waals surface area contributed by atoms with Crippen molar-refractivity contribution in [1.82, 2.24) is 0 Å². The molecule has 0 fully saturated rings. The molecule has 0 saturated heterocycles. The highest BCUT2D eigenvalue weighted by molar-refractivity contribution is 6.58. The first-order chi connectivity index (χ1) is 23.5. The van der Waals surface area contributed by atoms with Crippen LogP contribution in [0.3, 0.4) is 0 Å². The van der Waals surface area contributed by atoms with Gasteiger partial charge in [-0.1, -0.05) is 148 Å². The van der Waals surface area contributed by atoms with Gasteiger partial charge in [0.2, 0.25) is 0 Å². The van der Waals surface area contributed by atoms with Crippen molar-refractivity contribution in [3.8, 4) is 33.4 Å². The summed E-state index contributed by atoms with van der Waals surface area (Å²) in [5.41, 5.74) is 14.1. The van der Waals surface area contributed by atoms with E-state index < -0.39 is 7.12 Å². The predicted molar refractivity (Wildman–Crippen MR) is 210 cm³/mol. The summed E-state index contributed by atoms with van der Waals surface area (Å²) < 4.78 is 0. The van der Waals surface area contributed by atoms with Gasteiger partial charge in [-0.15, -0.1) is 0 Å². The summed E-state index contributed by atoms with van der Waals surface area (Å²) in [6.45, 7) is 18.9. The van der Waals surface area contributed by atoms with E-state index in [0.717, 1.165) is 25.7 Å². The lowest BCUT2D eigenvalue weighted by Crippen LogP contribution is -2.34. The Labute approximate surface area is 297 Å². The average molecular weight is 655 g/mol. The van der Waals surface area contributed by atoms with Crippen LogP contribution in [0.2, 0.25) is 0 Å². The van der Waals surface area contributed by atoms with E-state index >= 15 is 0 Å². The standard InChI is InChI=1S/C46H59BO2/c1-9-30(5)26-45(27-31(6)10-2)41-16-14-13-15-37(41)38-20-17-34(23-42(38)45)35-18-21-39-40-22-19-36(47(48)49)25-44(40)46(43(39)24-35,28-32(7)11-3)29-33(8)12-4/h13-25,30-33,48-49H,9-12,26-29H2,1-8H3/t30-,31-,32-,33-/m0/s1. The van der Waals surface area contributed by atoms with Crippen LogP contribution >= 0.6 is 0 Å². The fraction of sp³-hybridized carbons (Fsp3) is 0.478. The molecule has 4 aromatic carbocycles. The highest BCUT2D eigenvalue weighted by atomic mass is 16.4. The molecule has 0 aromatic heterocycles. The molecule has 4 atom stereocenters. The third kappa shape index (κ3) is 6.25. The second-order valence-electron chi connectivity index (χ2n) is 16.3. The quantitative estimate of drug-likeness (QED) is 0.133. The number of fused-ring (bicyclic) bond motifs is 6.